The summed E-state index contributed by atoms with van der Waals surface area (Å²) in [6, 6.07) is 13.7. The number of nitrogens with zero attached hydrogens (tertiary/aromatic N) is 1. The van der Waals surface area contributed by atoms with Gasteiger partial charge in [0.1, 0.15) is 11.5 Å². The summed E-state index contributed by atoms with van der Waals surface area (Å²) in [5.74, 6) is 2.47. The maximum absolute atomic E-state index is 13.6. The van der Waals surface area contributed by atoms with Crippen molar-refractivity contribution in [3.63, 3.8) is 0 Å². The molecule has 0 aliphatic carbocycles. The SMILES string of the molecule is COc1ccc(OCC(=O)Nc2ccc(C(=O)C3=Cc4c(c(Br)c5c(c4OC)OCO5)CCN3C)cc2)cc1. The third-order valence-corrected chi connectivity index (χ3v) is 7.38. The van der Waals surface area contributed by atoms with Gasteiger partial charge in [-0.3, -0.25) is 9.59 Å². The van der Waals surface area contributed by atoms with Crippen molar-refractivity contribution in [2.24, 2.45) is 0 Å². The number of carbonyl (C=O) groups is 2. The number of amides is 1. The van der Waals surface area contributed by atoms with E-state index < -0.39 is 0 Å². The topological polar surface area (TPSA) is 95.6 Å². The molecule has 202 valence electrons. The zero-order valence-electron chi connectivity index (χ0n) is 21.7. The summed E-state index contributed by atoms with van der Waals surface area (Å²) >= 11 is 3.65. The fourth-order valence-corrected chi connectivity index (χ4v) is 5.19. The van der Waals surface area contributed by atoms with Crippen molar-refractivity contribution >= 4 is 39.4 Å². The lowest BCUT2D eigenvalue weighted by molar-refractivity contribution is -0.118. The summed E-state index contributed by atoms with van der Waals surface area (Å²) in [5, 5.41) is 2.78. The van der Waals surface area contributed by atoms with Crippen LogP contribution in [0.25, 0.3) is 6.08 Å². The van der Waals surface area contributed by atoms with Gasteiger partial charge in [0.05, 0.1) is 24.4 Å². The number of fused-ring (bicyclic) bond motifs is 2. The van der Waals surface area contributed by atoms with Crippen LogP contribution in [0, 0.1) is 0 Å². The first kappa shape index (κ1) is 26.4. The van der Waals surface area contributed by atoms with Gasteiger partial charge in [-0.05, 0) is 82.5 Å². The minimum Gasteiger partial charge on any atom is -0.497 e. The van der Waals surface area contributed by atoms with E-state index in [1.54, 1.807) is 62.8 Å². The lowest BCUT2D eigenvalue weighted by atomic mass is 10.0. The molecule has 1 amide bonds. The van der Waals surface area contributed by atoms with Crippen molar-refractivity contribution in [1.82, 2.24) is 4.90 Å². The first-order valence-electron chi connectivity index (χ1n) is 12.2. The van der Waals surface area contributed by atoms with Crippen LogP contribution in [-0.4, -0.2) is 57.8 Å². The van der Waals surface area contributed by atoms with Crippen LogP contribution in [0.5, 0.6) is 28.7 Å². The lowest BCUT2D eigenvalue weighted by Gasteiger charge is -2.20. The van der Waals surface area contributed by atoms with Gasteiger partial charge in [0.2, 0.25) is 18.3 Å². The summed E-state index contributed by atoms with van der Waals surface area (Å²) in [5.41, 5.74) is 3.33. The number of rotatable bonds is 8. The second kappa shape index (κ2) is 11.3. The van der Waals surface area contributed by atoms with Crippen LogP contribution < -0.4 is 29.0 Å². The molecule has 2 heterocycles. The third kappa shape index (κ3) is 5.37. The molecule has 0 unspecified atom stereocenters. The molecule has 10 heteroatoms. The monoisotopic (exact) mass is 594 g/mol. The number of anilines is 1. The van der Waals surface area contributed by atoms with Crippen LogP contribution in [-0.2, 0) is 11.2 Å². The fraction of sp³-hybridized carbons (Fsp3) is 0.241. The van der Waals surface area contributed by atoms with Crippen LogP contribution in [0.2, 0.25) is 0 Å². The Hall–Kier alpha value is -4.18. The summed E-state index contributed by atoms with van der Waals surface area (Å²) in [7, 11) is 5.04. The fourth-order valence-electron chi connectivity index (χ4n) is 4.48. The number of ether oxygens (including phenoxy) is 5. The van der Waals surface area contributed by atoms with E-state index in [2.05, 4.69) is 21.2 Å². The second-order valence-corrected chi connectivity index (χ2v) is 9.72. The van der Waals surface area contributed by atoms with Crippen LogP contribution in [0.1, 0.15) is 21.5 Å². The van der Waals surface area contributed by atoms with E-state index >= 15 is 0 Å². The van der Waals surface area contributed by atoms with E-state index in [0.717, 1.165) is 15.6 Å². The minimum atomic E-state index is -0.316. The third-order valence-electron chi connectivity index (χ3n) is 6.54. The molecule has 5 rings (SSSR count). The number of nitrogens with one attached hydrogen (secondary N) is 1. The largest absolute Gasteiger partial charge is 0.497 e. The van der Waals surface area contributed by atoms with Crippen molar-refractivity contribution in [3.05, 3.63) is 75.4 Å². The molecule has 0 atom stereocenters. The molecule has 2 aliphatic rings. The number of halogens is 1. The first-order valence-corrected chi connectivity index (χ1v) is 13.0. The number of benzene rings is 3. The van der Waals surface area contributed by atoms with Gasteiger partial charge in [-0.25, -0.2) is 0 Å². The molecule has 0 saturated heterocycles. The second-order valence-electron chi connectivity index (χ2n) is 8.92. The Labute approximate surface area is 234 Å². The van der Waals surface area contributed by atoms with E-state index in [1.807, 2.05) is 18.0 Å². The van der Waals surface area contributed by atoms with Gasteiger partial charge < -0.3 is 33.9 Å². The summed E-state index contributed by atoms with van der Waals surface area (Å²) in [6.45, 7) is 0.577. The lowest BCUT2D eigenvalue weighted by Crippen LogP contribution is -2.24. The Bertz CT molecular complexity index is 1440. The molecular weight excluding hydrogens is 568 g/mol. The van der Waals surface area contributed by atoms with Crippen molar-refractivity contribution in [1.29, 1.82) is 0 Å². The van der Waals surface area contributed by atoms with Crippen LogP contribution in [0.4, 0.5) is 5.69 Å². The normalized spacial score (nSPS) is 13.6. The van der Waals surface area contributed by atoms with E-state index in [1.165, 1.54) is 0 Å². The Morgan fingerprint density at radius 2 is 1.67 bits per heavy atom. The molecule has 0 bridgehead atoms. The first-order chi connectivity index (χ1) is 18.9. The number of ketones is 1. The highest BCUT2D eigenvalue weighted by Crippen LogP contribution is 2.51. The number of likely N-dealkylation sites (N-methyl/N-ethyl adjacent to an activating group) is 1. The molecule has 0 fully saturated rings. The Morgan fingerprint density at radius 3 is 2.36 bits per heavy atom. The van der Waals surface area contributed by atoms with E-state index in [-0.39, 0.29) is 25.1 Å². The molecule has 0 radical (unpaired) electrons. The summed E-state index contributed by atoms with van der Waals surface area (Å²) < 4.78 is 28.4. The van der Waals surface area contributed by atoms with Crippen molar-refractivity contribution in [3.8, 4) is 28.7 Å². The van der Waals surface area contributed by atoms with Crippen LogP contribution >= 0.6 is 15.9 Å². The van der Waals surface area contributed by atoms with Crippen LogP contribution in [0.15, 0.2) is 58.7 Å². The molecule has 3 aromatic carbocycles. The maximum atomic E-state index is 13.6. The van der Waals surface area contributed by atoms with Crippen molar-refractivity contribution < 1.29 is 33.3 Å². The zero-order chi connectivity index (χ0) is 27.5. The van der Waals surface area contributed by atoms with Crippen LogP contribution in [0.3, 0.4) is 0 Å². The van der Waals surface area contributed by atoms with E-state index in [0.29, 0.717) is 58.7 Å². The van der Waals surface area contributed by atoms with Gasteiger partial charge in [0.25, 0.3) is 5.91 Å². The van der Waals surface area contributed by atoms with Gasteiger partial charge in [0.15, 0.2) is 18.1 Å². The molecule has 2 aliphatic heterocycles. The van der Waals surface area contributed by atoms with Gasteiger partial charge in [0, 0.05) is 30.4 Å². The predicted molar refractivity (Wildman–Crippen MR) is 149 cm³/mol. The quantitative estimate of drug-likeness (QED) is 0.367. The summed E-state index contributed by atoms with van der Waals surface area (Å²) in [4.78, 5) is 27.9. The van der Waals surface area contributed by atoms with Gasteiger partial charge >= 0.3 is 0 Å². The highest BCUT2D eigenvalue weighted by atomic mass is 79.9. The van der Waals surface area contributed by atoms with Gasteiger partial charge in [-0.2, -0.15) is 0 Å². The van der Waals surface area contributed by atoms with Crippen molar-refractivity contribution in [2.75, 3.05) is 46.5 Å². The number of hydrogen-bond acceptors (Lipinski definition) is 8. The number of hydrogen-bond donors (Lipinski definition) is 1. The number of carbonyl (C=O) groups excluding carboxylic acids is 2. The Balaban J connectivity index is 1.31. The van der Waals surface area contributed by atoms with Gasteiger partial charge in [-0.15, -0.1) is 0 Å². The molecule has 39 heavy (non-hydrogen) atoms. The number of allylic oxidation sites excluding steroid dienone is 1. The van der Waals surface area contributed by atoms with Gasteiger partial charge in [-0.1, -0.05) is 0 Å². The zero-order valence-corrected chi connectivity index (χ0v) is 23.3. The summed E-state index contributed by atoms with van der Waals surface area (Å²) in [6.07, 6.45) is 2.51. The average molecular weight is 595 g/mol. The molecule has 0 aromatic heterocycles. The Kier molecular flexibility index (Phi) is 7.65. The molecule has 0 saturated carbocycles. The number of methoxy groups -OCH3 is 2. The maximum Gasteiger partial charge on any atom is 0.262 e. The standard InChI is InChI=1S/C29H27BrN2O7/c1-32-13-12-21-22(27(36-3)29-28(25(21)30)38-16-39-29)14-23(32)26(34)17-4-6-18(7-5-17)31-24(33)15-37-20-10-8-19(35-2)9-11-20/h4-11,14H,12-13,15-16H2,1-3H3,(H,31,33). The average Bonchev–Trinajstić information content (AvgIpc) is 3.38. The molecule has 0 spiro atoms. The highest BCUT2D eigenvalue weighted by Gasteiger charge is 2.31. The molecule has 1 N–H and O–H groups in total. The molecule has 3 aromatic rings. The van der Waals surface area contributed by atoms with E-state index in [4.69, 9.17) is 23.7 Å². The van der Waals surface area contributed by atoms with Crippen molar-refractivity contribution in [2.45, 2.75) is 6.42 Å². The molecule has 9 nitrogen and oxygen atoms in total. The smallest absolute Gasteiger partial charge is 0.262 e. The molecular formula is C29H27BrN2O7. The minimum absolute atomic E-state index is 0.110. The predicted octanol–water partition coefficient (Wildman–Crippen LogP) is 4.92. The Morgan fingerprint density at radius 1 is 0.974 bits per heavy atom. The highest BCUT2D eigenvalue weighted by molar-refractivity contribution is 9.10. The van der Waals surface area contributed by atoms with E-state index in [9.17, 15) is 9.59 Å². The number of Topliss-reactive ketones (excluding diaryl/α,β-unsaturated/α-hetero) is 1.